The number of thioether (sulfide) groups is 1. The maximum atomic E-state index is 11.7. The lowest BCUT2D eigenvalue weighted by molar-refractivity contribution is -0.113. The predicted octanol–water partition coefficient (Wildman–Crippen LogP) is 1.77. The molecule has 0 radical (unpaired) electrons. The summed E-state index contributed by atoms with van der Waals surface area (Å²) in [6.07, 6.45) is 1.38. The molecule has 2 rings (SSSR count). The number of aromatic amines is 1. The van der Waals surface area contributed by atoms with Gasteiger partial charge in [0.1, 0.15) is 6.33 Å². The summed E-state index contributed by atoms with van der Waals surface area (Å²) in [5.74, 6) is 0.0178. The van der Waals surface area contributed by atoms with Crippen LogP contribution in [0.15, 0.2) is 29.7 Å². The average Bonchev–Trinajstić information content (AvgIpc) is 2.84. The summed E-state index contributed by atoms with van der Waals surface area (Å²) < 4.78 is 0. The standard InChI is InChI=1S/C10H10ClN5OS/c11-7-2-1-6(12)3-8(7)15-9(17)4-18-10-13-5-14-16-10/h1-3,5H,4,12H2,(H,15,17)(H,13,14,16). The molecule has 0 bridgehead atoms. The topological polar surface area (TPSA) is 96.7 Å². The van der Waals surface area contributed by atoms with Crippen LogP contribution in [-0.4, -0.2) is 26.8 Å². The molecule has 1 amide bonds. The number of rotatable bonds is 4. The van der Waals surface area contributed by atoms with Gasteiger partial charge in [-0.15, -0.1) is 0 Å². The molecule has 0 saturated carbocycles. The normalized spacial score (nSPS) is 10.3. The van der Waals surface area contributed by atoms with Gasteiger partial charge in [0.05, 0.1) is 16.5 Å². The second kappa shape index (κ2) is 5.74. The molecular weight excluding hydrogens is 274 g/mol. The average molecular weight is 284 g/mol. The van der Waals surface area contributed by atoms with E-state index in [2.05, 4.69) is 20.5 Å². The first-order chi connectivity index (χ1) is 8.65. The highest BCUT2D eigenvalue weighted by Gasteiger charge is 2.08. The molecule has 0 spiro atoms. The van der Waals surface area contributed by atoms with Crippen molar-refractivity contribution >= 4 is 40.6 Å². The molecule has 0 aliphatic heterocycles. The first-order valence-corrected chi connectivity index (χ1v) is 6.34. The van der Waals surface area contributed by atoms with Crippen LogP contribution in [0.3, 0.4) is 0 Å². The summed E-state index contributed by atoms with van der Waals surface area (Å²) >= 11 is 7.18. The van der Waals surface area contributed by atoms with Gasteiger partial charge in [0.2, 0.25) is 5.91 Å². The number of halogens is 1. The van der Waals surface area contributed by atoms with Crippen LogP contribution in [0, 0.1) is 0 Å². The van der Waals surface area contributed by atoms with Crippen LogP contribution in [0.5, 0.6) is 0 Å². The summed E-state index contributed by atoms with van der Waals surface area (Å²) in [6.45, 7) is 0. The summed E-state index contributed by atoms with van der Waals surface area (Å²) in [5.41, 5.74) is 6.66. The maximum Gasteiger partial charge on any atom is 0.234 e. The molecule has 1 heterocycles. The number of benzene rings is 1. The van der Waals surface area contributed by atoms with Crippen molar-refractivity contribution in [3.05, 3.63) is 29.5 Å². The third kappa shape index (κ3) is 3.38. The number of amides is 1. The summed E-state index contributed by atoms with van der Waals surface area (Å²) in [7, 11) is 0. The van der Waals surface area contributed by atoms with E-state index in [9.17, 15) is 4.79 Å². The van der Waals surface area contributed by atoms with E-state index in [0.29, 0.717) is 21.6 Å². The molecule has 0 saturated heterocycles. The van der Waals surface area contributed by atoms with Crippen molar-refractivity contribution in [1.29, 1.82) is 0 Å². The first-order valence-electron chi connectivity index (χ1n) is 4.98. The van der Waals surface area contributed by atoms with Gasteiger partial charge >= 0.3 is 0 Å². The van der Waals surface area contributed by atoms with Crippen LogP contribution in [0.2, 0.25) is 5.02 Å². The number of nitrogens with zero attached hydrogens (tertiary/aromatic N) is 2. The zero-order chi connectivity index (χ0) is 13.0. The molecule has 0 aliphatic rings. The second-order valence-corrected chi connectivity index (χ2v) is 4.74. The Morgan fingerprint density at radius 1 is 1.56 bits per heavy atom. The Morgan fingerprint density at radius 2 is 2.39 bits per heavy atom. The summed E-state index contributed by atoms with van der Waals surface area (Å²) in [5, 5.41) is 10.0. The van der Waals surface area contributed by atoms with Crippen LogP contribution < -0.4 is 11.1 Å². The third-order valence-electron chi connectivity index (χ3n) is 2.00. The van der Waals surface area contributed by atoms with E-state index < -0.39 is 0 Å². The first kappa shape index (κ1) is 12.7. The fraction of sp³-hybridized carbons (Fsp3) is 0.100. The van der Waals surface area contributed by atoms with Gasteiger partial charge < -0.3 is 11.1 Å². The van der Waals surface area contributed by atoms with Crippen molar-refractivity contribution in [2.75, 3.05) is 16.8 Å². The SMILES string of the molecule is Nc1ccc(Cl)c(NC(=O)CSc2ncn[nH]2)c1. The van der Waals surface area contributed by atoms with Crippen molar-refractivity contribution in [3.8, 4) is 0 Å². The van der Waals surface area contributed by atoms with E-state index in [-0.39, 0.29) is 11.7 Å². The third-order valence-corrected chi connectivity index (χ3v) is 3.20. The number of anilines is 2. The lowest BCUT2D eigenvalue weighted by Crippen LogP contribution is -2.14. The second-order valence-electron chi connectivity index (χ2n) is 3.37. The van der Waals surface area contributed by atoms with E-state index in [1.807, 2.05) is 0 Å². The van der Waals surface area contributed by atoms with Gasteiger partial charge in [0, 0.05) is 5.69 Å². The van der Waals surface area contributed by atoms with Gasteiger partial charge in [0.25, 0.3) is 0 Å². The molecule has 6 nitrogen and oxygen atoms in total. The molecule has 0 atom stereocenters. The Labute approximate surface area is 112 Å². The number of nitrogens with one attached hydrogen (secondary N) is 2. The van der Waals surface area contributed by atoms with Crippen molar-refractivity contribution in [1.82, 2.24) is 15.2 Å². The number of hydrogen-bond donors (Lipinski definition) is 3. The molecule has 2 aromatic rings. The Hall–Kier alpha value is -1.73. The molecule has 8 heteroatoms. The highest BCUT2D eigenvalue weighted by atomic mass is 35.5. The quantitative estimate of drug-likeness (QED) is 0.587. The van der Waals surface area contributed by atoms with E-state index in [1.165, 1.54) is 18.1 Å². The number of nitrogens with two attached hydrogens (primary N) is 1. The van der Waals surface area contributed by atoms with Gasteiger partial charge in [-0.25, -0.2) is 4.98 Å². The van der Waals surface area contributed by atoms with Gasteiger partial charge in [-0.2, -0.15) is 5.10 Å². The summed E-state index contributed by atoms with van der Waals surface area (Å²) in [4.78, 5) is 15.6. The molecule has 0 aliphatic carbocycles. The van der Waals surface area contributed by atoms with Gasteiger partial charge in [0.15, 0.2) is 5.16 Å². The minimum absolute atomic E-state index is 0.191. The van der Waals surface area contributed by atoms with Crippen molar-refractivity contribution in [2.45, 2.75) is 5.16 Å². The monoisotopic (exact) mass is 283 g/mol. The van der Waals surface area contributed by atoms with Crippen molar-refractivity contribution < 1.29 is 4.79 Å². The van der Waals surface area contributed by atoms with E-state index >= 15 is 0 Å². The highest BCUT2D eigenvalue weighted by molar-refractivity contribution is 7.99. The molecular formula is C10H10ClN5OS. The van der Waals surface area contributed by atoms with Crippen LogP contribution in [0.1, 0.15) is 0 Å². The number of aromatic nitrogens is 3. The van der Waals surface area contributed by atoms with Crippen molar-refractivity contribution in [3.63, 3.8) is 0 Å². The highest BCUT2D eigenvalue weighted by Crippen LogP contribution is 2.24. The van der Waals surface area contributed by atoms with Gasteiger partial charge in [-0.3, -0.25) is 9.89 Å². The van der Waals surface area contributed by atoms with Crippen molar-refractivity contribution in [2.24, 2.45) is 0 Å². The molecule has 0 fully saturated rings. The molecule has 18 heavy (non-hydrogen) atoms. The van der Waals surface area contributed by atoms with Crippen LogP contribution in [0.4, 0.5) is 11.4 Å². The summed E-state index contributed by atoms with van der Waals surface area (Å²) in [6, 6.07) is 4.91. The smallest absolute Gasteiger partial charge is 0.234 e. The Bertz CT molecular complexity index is 545. The molecule has 94 valence electrons. The fourth-order valence-electron chi connectivity index (χ4n) is 1.22. The minimum atomic E-state index is -0.191. The number of nitrogen functional groups attached to an aromatic ring is 1. The Kier molecular flexibility index (Phi) is 4.06. The molecule has 4 N–H and O–H groups in total. The lowest BCUT2D eigenvalue weighted by Gasteiger charge is -2.07. The zero-order valence-electron chi connectivity index (χ0n) is 9.18. The fourth-order valence-corrected chi connectivity index (χ4v) is 1.97. The zero-order valence-corrected chi connectivity index (χ0v) is 10.8. The van der Waals surface area contributed by atoms with E-state index in [4.69, 9.17) is 17.3 Å². The maximum absolute atomic E-state index is 11.7. The minimum Gasteiger partial charge on any atom is -0.399 e. The van der Waals surface area contributed by atoms with Crippen LogP contribution in [0.25, 0.3) is 0 Å². The molecule has 0 unspecified atom stereocenters. The van der Waals surface area contributed by atoms with Crippen LogP contribution >= 0.6 is 23.4 Å². The molecule has 1 aromatic carbocycles. The van der Waals surface area contributed by atoms with Crippen LogP contribution in [-0.2, 0) is 4.79 Å². The Balaban J connectivity index is 1.92. The largest absolute Gasteiger partial charge is 0.399 e. The van der Waals surface area contributed by atoms with E-state index in [0.717, 1.165) is 0 Å². The number of carbonyl (C=O) groups is 1. The number of H-pyrrole nitrogens is 1. The van der Waals surface area contributed by atoms with Gasteiger partial charge in [-0.1, -0.05) is 23.4 Å². The Morgan fingerprint density at radius 3 is 3.11 bits per heavy atom. The van der Waals surface area contributed by atoms with Gasteiger partial charge in [-0.05, 0) is 18.2 Å². The van der Waals surface area contributed by atoms with E-state index in [1.54, 1.807) is 18.2 Å². The predicted molar refractivity (Wildman–Crippen MR) is 71.6 cm³/mol. The molecule has 1 aromatic heterocycles. The number of carbonyl (C=O) groups excluding carboxylic acids is 1. The lowest BCUT2D eigenvalue weighted by atomic mass is 10.3. The number of hydrogen-bond acceptors (Lipinski definition) is 5.